The predicted octanol–water partition coefficient (Wildman–Crippen LogP) is 2.25. The molecule has 0 amide bonds. The number of benzene rings is 1. The summed E-state index contributed by atoms with van der Waals surface area (Å²) in [6, 6.07) is 7.46. The molecule has 0 spiro atoms. The van der Waals surface area contributed by atoms with Gasteiger partial charge in [-0.3, -0.25) is 9.69 Å². The maximum atomic E-state index is 10.9. The summed E-state index contributed by atoms with van der Waals surface area (Å²) in [5, 5.41) is 18.8. The van der Waals surface area contributed by atoms with Crippen LogP contribution in [0, 0.1) is 5.92 Å². The second-order valence-corrected chi connectivity index (χ2v) is 4.88. The van der Waals surface area contributed by atoms with Crippen molar-refractivity contribution >= 4 is 5.97 Å². The van der Waals surface area contributed by atoms with Crippen LogP contribution >= 0.6 is 0 Å². The number of aromatic hydroxyl groups is 1. The van der Waals surface area contributed by atoms with Gasteiger partial charge >= 0.3 is 5.97 Å². The summed E-state index contributed by atoms with van der Waals surface area (Å²) >= 11 is 0. The van der Waals surface area contributed by atoms with Crippen molar-refractivity contribution in [1.82, 2.24) is 4.90 Å². The molecule has 1 aromatic rings. The van der Waals surface area contributed by atoms with E-state index in [1.807, 2.05) is 18.2 Å². The van der Waals surface area contributed by atoms with Gasteiger partial charge in [0.25, 0.3) is 0 Å². The summed E-state index contributed by atoms with van der Waals surface area (Å²) in [5.74, 6) is -0.590. The predicted molar refractivity (Wildman–Crippen MR) is 68.5 cm³/mol. The van der Waals surface area contributed by atoms with Crippen LogP contribution in [0.2, 0.25) is 0 Å². The Kier molecular flexibility index (Phi) is 3.87. The quantitative estimate of drug-likeness (QED) is 0.862. The summed E-state index contributed by atoms with van der Waals surface area (Å²) in [5.41, 5.74) is 0.909. The van der Waals surface area contributed by atoms with E-state index in [9.17, 15) is 9.90 Å². The highest BCUT2D eigenvalue weighted by molar-refractivity contribution is 5.70. The van der Waals surface area contributed by atoms with E-state index in [-0.39, 0.29) is 12.0 Å². The normalized spacial score (nSPS) is 19.6. The Morgan fingerprint density at radius 1 is 1.33 bits per heavy atom. The third kappa shape index (κ3) is 2.64. The van der Waals surface area contributed by atoms with Crippen LogP contribution in [0.5, 0.6) is 5.75 Å². The monoisotopic (exact) mass is 249 g/mol. The first kappa shape index (κ1) is 12.9. The molecule has 2 N–H and O–H groups in total. The second-order valence-electron chi connectivity index (χ2n) is 4.88. The number of phenols is 1. The molecule has 1 saturated heterocycles. The van der Waals surface area contributed by atoms with Crippen LogP contribution in [0.15, 0.2) is 24.3 Å². The number of carbonyl (C=O) groups is 1. The summed E-state index contributed by atoms with van der Waals surface area (Å²) in [4.78, 5) is 13.1. The Bertz CT molecular complexity index is 425. The van der Waals surface area contributed by atoms with Crippen molar-refractivity contribution < 1.29 is 15.0 Å². The molecule has 0 radical (unpaired) electrons. The lowest BCUT2D eigenvalue weighted by Crippen LogP contribution is -2.37. The maximum absolute atomic E-state index is 10.9. The van der Waals surface area contributed by atoms with E-state index < -0.39 is 5.97 Å². The average Bonchev–Trinajstić information content (AvgIpc) is 2.38. The summed E-state index contributed by atoms with van der Waals surface area (Å²) < 4.78 is 0. The number of likely N-dealkylation sites (tertiary alicyclic amines) is 1. The maximum Gasteiger partial charge on any atom is 0.306 e. The van der Waals surface area contributed by atoms with Gasteiger partial charge < -0.3 is 10.2 Å². The van der Waals surface area contributed by atoms with E-state index in [1.165, 1.54) is 0 Å². The van der Waals surface area contributed by atoms with Crippen molar-refractivity contribution in [2.45, 2.75) is 25.8 Å². The lowest BCUT2D eigenvalue weighted by atomic mass is 9.94. The second kappa shape index (κ2) is 5.40. The molecule has 18 heavy (non-hydrogen) atoms. The number of hydrogen-bond acceptors (Lipinski definition) is 3. The highest BCUT2D eigenvalue weighted by Crippen LogP contribution is 2.31. The molecule has 1 fully saturated rings. The average molecular weight is 249 g/mol. The number of para-hydroxylation sites is 1. The number of phenolic OH excluding ortho intramolecular Hbond substituents is 1. The van der Waals surface area contributed by atoms with Crippen molar-refractivity contribution in [2.24, 2.45) is 5.92 Å². The summed E-state index contributed by atoms with van der Waals surface area (Å²) in [7, 11) is 0. The molecular formula is C14H19NO3. The number of carboxylic acid groups (broad SMARTS) is 1. The summed E-state index contributed by atoms with van der Waals surface area (Å²) in [6.07, 6.45) is 1.38. The van der Waals surface area contributed by atoms with E-state index in [0.29, 0.717) is 18.6 Å². The van der Waals surface area contributed by atoms with E-state index in [4.69, 9.17) is 5.11 Å². The van der Waals surface area contributed by atoms with E-state index >= 15 is 0 Å². The number of nitrogens with zero attached hydrogens (tertiary/aromatic N) is 1. The smallest absolute Gasteiger partial charge is 0.306 e. The Balaban J connectivity index is 2.02. The van der Waals surface area contributed by atoms with Crippen LogP contribution in [0.4, 0.5) is 0 Å². The van der Waals surface area contributed by atoms with Gasteiger partial charge in [0.2, 0.25) is 0 Å². The number of carboxylic acids is 1. The standard InChI is InChI=1S/C14H19NO3/c1-10(12-4-2-3-5-13(12)16)15-8-6-11(7-9-15)14(17)18/h2-5,10-11,16H,6-9H2,1H3,(H,17,18). The number of rotatable bonds is 3. The minimum atomic E-state index is -0.690. The van der Waals surface area contributed by atoms with Gasteiger partial charge in [0.15, 0.2) is 0 Å². The molecule has 1 unspecified atom stereocenters. The fraction of sp³-hybridized carbons (Fsp3) is 0.500. The minimum Gasteiger partial charge on any atom is -0.508 e. The lowest BCUT2D eigenvalue weighted by Gasteiger charge is -2.35. The molecule has 4 nitrogen and oxygen atoms in total. The highest BCUT2D eigenvalue weighted by Gasteiger charge is 2.27. The van der Waals surface area contributed by atoms with Crippen molar-refractivity contribution in [1.29, 1.82) is 0 Å². The molecule has 0 bridgehead atoms. The van der Waals surface area contributed by atoms with E-state index in [2.05, 4.69) is 11.8 Å². The Morgan fingerprint density at radius 2 is 1.94 bits per heavy atom. The van der Waals surface area contributed by atoms with E-state index in [0.717, 1.165) is 18.7 Å². The molecule has 1 heterocycles. The van der Waals surface area contributed by atoms with Gasteiger partial charge in [0.1, 0.15) is 5.75 Å². The first-order valence-electron chi connectivity index (χ1n) is 6.34. The Hall–Kier alpha value is -1.55. The van der Waals surface area contributed by atoms with Crippen LogP contribution in [-0.4, -0.2) is 34.2 Å². The molecule has 2 rings (SSSR count). The third-order valence-electron chi connectivity index (χ3n) is 3.81. The first-order valence-corrected chi connectivity index (χ1v) is 6.34. The molecule has 4 heteroatoms. The van der Waals surface area contributed by atoms with Gasteiger partial charge in [0.05, 0.1) is 5.92 Å². The lowest BCUT2D eigenvalue weighted by molar-refractivity contribution is -0.143. The van der Waals surface area contributed by atoms with Gasteiger partial charge in [-0.15, -0.1) is 0 Å². The SMILES string of the molecule is CC(c1ccccc1O)N1CCC(C(=O)O)CC1. The fourth-order valence-corrected chi connectivity index (χ4v) is 2.57. The molecule has 1 atom stereocenters. The minimum absolute atomic E-state index is 0.126. The van der Waals surface area contributed by atoms with Crippen molar-refractivity contribution in [3.05, 3.63) is 29.8 Å². The molecule has 98 valence electrons. The van der Waals surface area contributed by atoms with Gasteiger partial charge in [-0.25, -0.2) is 0 Å². The van der Waals surface area contributed by atoms with Gasteiger partial charge in [0, 0.05) is 11.6 Å². The number of aliphatic carboxylic acids is 1. The van der Waals surface area contributed by atoms with Gasteiger partial charge in [-0.2, -0.15) is 0 Å². The summed E-state index contributed by atoms with van der Waals surface area (Å²) in [6.45, 7) is 3.59. The molecule has 1 aromatic carbocycles. The first-order chi connectivity index (χ1) is 8.59. The number of piperidine rings is 1. The van der Waals surface area contributed by atoms with Crippen molar-refractivity contribution in [3.63, 3.8) is 0 Å². The van der Waals surface area contributed by atoms with Crippen LogP contribution in [-0.2, 0) is 4.79 Å². The van der Waals surface area contributed by atoms with Gasteiger partial charge in [-0.05, 0) is 38.9 Å². The molecular weight excluding hydrogens is 230 g/mol. The Morgan fingerprint density at radius 3 is 2.50 bits per heavy atom. The molecule has 0 aliphatic carbocycles. The Labute approximate surface area is 107 Å². The molecule has 0 saturated carbocycles. The number of hydrogen-bond donors (Lipinski definition) is 2. The zero-order chi connectivity index (χ0) is 13.1. The van der Waals surface area contributed by atoms with Crippen LogP contribution < -0.4 is 0 Å². The van der Waals surface area contributed by atoms with Crippen LogP contribution in [0.25, 0.3) is 0 Å². The van der Waals surface area contributed by atoms with E-state index in [1.54, 1.807) is 6.07 Å². The molecule has 1 aliphatic rings. The zero-order valence-corrected chi connectivity index (χ0v) is 10.5. The van der Waals surface area contributed by atoms with Crippen LogP contribution in [0.1, 0.15) is 31.4 Å². The van der Waals surface area contributed by atoms with Crippen molar-refractivity contribution in [3.8, 4) is 5.75 Å². The molecule has 0 aromatic heterocycles. The fourth-order valence-electron chi connectivity index (χ4n) is 2.57. The largest absolute Gasteiger partial charge is 0.508 e. The third-order valence-corrected chi connectivity index (χ3v) is 3.81. The van der Waals surface area contributed by atoms with Crippen LogP contribution in [0.3, 0.4) is 0 Å². The van der Waals surface area contributed by atoms with Crippen molar-refractivity contribution in [2.75, 3.05) is 13.1 Å². The van der Waals surface area contributed by atoms with Gasteiger partial charge in [-0.1, -0.05) is 18.2 Å². The molecule has 1 aliphatic heterocycles. The zero-order valence-electron chi connectivity index (χ0n) is 10.5. The highest BCUT2D eigenvalue weighted by atomic mass is 16.4. The topological polar surface area (TPSA) is 60.8 Å².